The Morgan fingerprint density at radius 3 is 1.93 bits per heavy atom. The van der Waals surface area contributed by atoms with Crippen molar-refractivity contribution in [2.75, 3.05) is 0 Å². The first-order valence-corrected chi connectivity index (χ1v) is 3.36. The van der Waals surface area contributed by atoms with E-state index >= 15 is 0 Å². The Bertz CT molecular complexity index is 347. The molecule has 0 spiro atoms. The molecule has 1 heterocycles. The van der Waals surface area contributed by atoms with Crippen molar-refractivity contribution in [3.63, 3.8) is 0 Å². The molecule has 0 aromatic rings. The number of nitrogens with zero attached hydrogens (tertiary/aromatic N) is 1. The van der Waals surface area contributed by atoms with E-state index in [0.717, 1.165) is 0 Å². The number of carbonyl (C=O) groups excluding carboxylic acids is 1. The van der Waals surface area contributed by atoms with Crippen molar-refractivity contribution in [2.45, 2.75) is 12.4 Å². The highest BCUT2D eigenvalue weighted by atomic mass is 19.4. The lowest BCUT2D eigenvalue weighted by Gasteiger charge is -2.18. The fourth-order valence-corrected chi connectivity index (χ4v) is 0.886. The highest BCUT2D eigenvalue weighted by Gasteiger charge is 2.49. The third-order valence-corrected chi connectivity index (χ3v) is 1.42. The van der Waals surface area contributed by atoms with Gasteiger partial charge in [0.15, 0.2) is 0 Å². The van der Waals surface area contributed by atoms with Gasteiger partial charge in [-0.2, -0.15) is 26.3 Å². The average Bonchev–Trinajstić information content (AvgIpc) is 1.99. The van der Waals surface area contributed by atoms with Crippen LogP contribution in [0.3, 0.4) is 0 Å². The lowest BCUT2D eigenvalue weighted by molar-refractivity contribution is -0.136. The summed E-state index contributed by atoms with van der Waals surface area (Å²) in [5.74, 6) is -1.96. The molecular formula is C7HF6NO. The summed E-state index contributed by atoms with van der Waals surface area (Å²) >= 11 is 0. The second kappa shape index (κ2) is 3.28. The first-order chi connectivity index (χ1) is 6.64. The van der Waals surface area contributed by atoms with Crippen LogP contribution in [0.25, 0.3) is 0 Å². The summed E-state index contributed by atoms with van der Waals surface area (Å²) in [7, 11) is 0. The Kier molecular flexibility index (Phi) is 2.54. The van der Waals surface area contributed by atoms with Crippen LogP contribution < -0.4 is 5.32 Å². The van der Waals surface area contributed by atoms with E-state index in [1.165, 1.54) is 6.08 Å². The normalized spacial score (nSPS) is 18.1. The molecule has 0 saturated carbocycles. The number of hydrogen-bond donors (Lipinski definition) is 0. The van der Waals surface area contributed by atoms with Gasteiger partial charge in [-0.1, -0.05) is 0 Å². The molecule has 0 fully saturated rings. The number of rotatable bonds is 0. The molecule has 1 rings (SSSR count). The molecule has 0 aliphatic carbocycles. The van der Waals surface area contributed by atoms with Gasteiger partial charge in [-0.25, -0.2) is 5.32 Å². The van der Waals surface area contributed by atoms with Crippen LogP contribution in [0, 0.1) is 6.08 Å². The Morgan fingerprint density at radius 1 is 1.07 bits per heavy atom. The van der Waals surface area contributed by atoms with E-state index in [9.17, 15) is 31.1 Å². The fraction of sp³-hybridized carbons (Fsp3) is 0.286. The van der Waals surface area contributed by atoms with E-state index in [1.807, 2.05) is 0 Å². The SMILES string of the molecule is O=C1[N]C=[C]C(C(F)(F)F)=C1C(F)(F)F. The number of amides is 1. The molecule has 0 aromatic carbocycles. The predicted molar refractivity (Wildman–Crippen MR) is 34.1 cm³/mol. The molecular weight excluding hydrogens is 228 g/mol. The first-order valence-electron chi connectivity index (χ1n) is 3.36. The van der Waals surface area contributed by atoms with Crippen LogP contribution in [0.1, 0.15) is 0 Å². The summed E-state index contributed by atoms with van der Waals surface area (Å²) in [5, 5.41) is 2.59. The van der Waals surface area contributed by atoms with Crippen LogP contribution in [0.2, 0.25) is 0 Å². The monoisotopic (exact) mass is 229 g/mol. The topological polar surface area (TPSA) is 31.2 Å². The Morgan fingerprint density at radius 2 is 1.60 bits per heavy atom. The van der Waals surface area contributed by atoms with Crippen molar-refractivity contribution in [1.29, 1.82) is 0 Å². The molecule has 0 aromatic heterocycles. The maximum absolute atomic E-state index is 12.1. The fourth-order valence-electron chi connectivity index (χ4n) is 0.886. The van der Waals surface area contributed by atoms with E-state index in [4.69, 9.17) is 0 Å². The number of carbonyl (C=O) groups is 1. The quantitative estimate of drug-likeness (QED) is 0.583. The maximum Gasteiger partial charge on any atom is 0.422 e. The van der Waals surface area contributed by atoms with E-state index in [-0.39, 0.29) is 6.20 Å². The molecule has 0 saturated heterocycles. The molecule has 0 N–H and O–H groups in total. The van der Waals surface area contributed by atoms with Crippen molar-refractivity contribution in [2.24, 2.45) is 0 Å². The minimum atomic E-state index is -5.40. The zero-order chi connectivity index (χ0) is 11.9. The Hall–Kier alpha value is -1.47. The molecule has 2 radical (unpaired) electrons. The van der Waals surface area contributed by atoms with E-state index in [2.05, 4.69) is 5.32 Å². The summed E-state index contributed by atoms with van der Waals surface area (Å²) in [5.41, 5.74) is -4.48. The van der Waals surface area contributed by atoms with E-state index in [0.29, 0.717) is 0 Å². The van der Waals surface area contributed by atoms with Gasteiger partial charge in [0.05, 0.1) is 5.57 Å². The van der Waals surface area contributed by atoms with Gasteiger partial charge in [-0.05, 0) is 0 Å². The van der Waals surface area contributed by atoms with Crippen molar-refractivity contribution < 1.29 is 31.1 Å². The third-order valence-electron chi connectivity index (χ3n) is 1.42. The number of allylic oxidation sites excluding steroid dienone is 2. The first kappa shape index (κ1) is 11.6. The molecule has 82 valence electrons. The summed E-state index contributed by atoms with van der Waals surface area (Å²) in [4.78, 5) is 10.6. The molecule has 1 aliphatic rings. The molecule has 8 heteroatoms. The van der Waals surface area contributed by atoms with Crippen LogP contribution in [0.5, 0.6) is 0 Å². The number of hydrogen-bond acceptors (Lipinski definition) is 1. The smallest absolute Gasteiger partial charge is 0.267 e. The highest BCUT2D eigenvalue weighted by Crippen LogP contribution is 2.37. The van der Waals surface area contributed by atoms with Gasteiger partial charge in [0.25, 0.3) is 5.91 Å². The highest BCUT2D eigenvalue weighted by molar-refractivity contribution is 5.97. The minimum absolute atomic E-state index is 0.264. The second-order valence-electron chi connectivity index (χ2n) is 2.45. The molecule has 2 nitrogen and oxygen atoms in total. The number of halogens is 6. The van der Waals surface area contributed by atoms with Crippen LogP contribution in [-0.4, -0.2) is 18.3 Å². The van der Waals surface area contributed by atoms with Gasteiger partial charge < -0.3 is 0 Å². The maximum atomic E-state index is 12.1. The standard InChI is InChI=1S/C7HF6NO/c8-6(9,10)3-1-2-14-5(15)4(3)7(11,12)13/h2H. The molecule has 1 aliphatic heterocycles. The van der Waals surface area contributed by atoms with Gasteiger partial charge in [-0.15, -0.1) is 0 Å². The lowest BCUT2D eigenvalue weighted by Crippen LogP contribution is -2.32. The largest absolute Gasteiger partial charge is 0.422 e. The zero-order valence-electron chi connectivity index (χ0n) is 6.70. The van der Waals surface area contributed by atoms with Crippen molar-refractivity contribution in [1.82, 2.24) is 5.32 Å². The van der Waals surface area contributed by atoms with Gasteiger partial charge in [0.2, 0.25) is 0 Å². The van der Waals surface area contributed by atoms with Crippen molar-refractivity contribution >= 4 is 5.91 Å². The van der Waals surface area contributed by atoms with Crippen LogP contribution >= 0.6 is 0 Å². The molecule has 0 unspecified atom stereocenters. The Balaban J connectivity index is 3.37. The average molecular weight is 229 g/mol. The second-order valence-corrected chi connectivity index (χ2v) is 2.45. The van der Waals surface area contributed by atoms with Crippen molar-refractivity contribution in [3.8, 4) is 0 Å². The predicted octanol–water partition coefficient (Wildman–Crippen LogP) is 1.87. The summed E-state index contributed by atoms with van der Waals surface area (Å²) < 4.78 is 72.4. The molecule has 0 atom stereocenters. The molecule has 0 bridgehead atoms. The lowest BCUT2D eigenvalue weighted by atomic mass is 10.0. The molecule has 1 amide bonds. The van der Waals surface area contributed by atoms with Crippen LogP contribution in [-0.2, 0) is 4.79 Å². The van der Waals surface area contributed by atoms with Gasteiger partial charge in [0.1, 0.15) is 5.57 Å². The van der Waals surface area contributed by atoms with Gasteiger partial charge in [0, 0.05) is 12.3 Å². The Labute approximate surface area is 79.2 Å². The van der Waals surface area contributed by atoms with Gasteiger partial charge in [-0.3, -0.25) is 4.79 Å². The summed E-state index contributed by atoms with van der Waals surface area (Å²) in [6.07, 6.45) is -9.15. The van der Waals surface area contributed by atoms with Gasteiger partial charge >= 0.3 is 12.4 Å². The summed E-state index contributed by atoms with van der Waals surface area (Å²) in [6, 6.07) is 0. The van der Waals surface area contributed by atoms with E-state index < -0.39 is 29.4 Å². The summed E-state index contributed by atoms with van der Waals surface area (Å²) in [6.45, 7) is 0. The van der Waals surface area contributed by atoms with E-state index in [1.54, 1.807) is 0 Å². The van der Waals surface area contributed by atoms with Crippen LogP contribution in [0.15, 0.2) is 17.3 Å². The third kappa shape index (κ3) is 2.31. The zero-order valence-corrected chi connectivity index (χ0v) is 6.70. The van der Waals surface area contributed by atoms with Crippen molar-refractivity contribution in [3.05, 3.63) is 23.4 Å². The molecule has 15 heavy (non-hydrogen) atoms. The van der Waals surface area contributed by atoms with Crippen LogP contribution in [0.4, 0.5) is 26.3 Å². The minimum Gasteiger partial charge on any atom is -0.267 e. The number of alkyl halides is 6.